The Kier molecular flexibility index (Phi) is 3.66. The number of hydrogen-bond acceptors (Lipinski definition) is 3. The molecular formula is C16H21NO3. The first-order valence-corrected chi connectivity index (χ1v) is 7.34. The maximum Gasteiger partial charge on any atom is 0.335 e. The SMILES string of the molecule is COC1CCCC(N2CCc3cc(C(=O)O)ccc32)C1. The van der Waals surface area contributed by atoms with Crippen molar-refractivity contribution in [1.82, 2.24) is 0 Å². The second-order valence-corrected chi connectivity index (χ2v) is 5.77. The molecule has 1 aromatic carbocycles. The molecule has 1 aliphatic carbocycles. The molecule has 1 fully saturated rings. The molecule has 0 aromatic heterocycles. The van der Waals surface area contributed by atoms with Gasteiger partial charge in [-0.05, 0) is 55.9 Å². The Morgan fingerprint density at radius 2 is 2.25 bits per heavy atom. The highest BCUT2D eigenvalue weighted by Crippen LogP contribution is 2.35. The van der Waals surface area contributed by atoms with E-state index >= 15 is 0 Å². The highest BCUT2D eigenvalue weighted by molar-refractivity contribution is 5.88. The summed E-state index contributed by atoms with van der Waals surface area (Å²) in [4.78, 5) is 13.5. The van der Waals surface area contributed by atoms with Crippen LogP contribution in [0.3, 0.4) is 0 Å². The Hall–Kier alpha value is -1.55. The summed E-state index contributed by atoms with van der Waals surface area (Å²) in [5.74, 6) is -0.844. The van der Waals surface area contributed by atoms with Crippen LogP contribution >= 0.6 is 0 Å². The van der Waals surface area contributed by atoms with Crippen LogP contribution in [0.2, 0.25) is 0 Å². The Bertz CT molecular complexity index is 514. The topological polar surface area (TPSA) is 49.8 Å². The number of fused-ring (bicyclic) bond motifs is 1. The van der Waals surface area contributed by atoms with Crippen molar-refractivity contribution in [2.45, 2.75) is 44.2 Å². The van der Waals surface area contributed by atoms with Crippen molar-refractivity contribution in [3.05, 3.63) is 29.3 Å². The Morgan fingerprint density at radius 3 is 3.00 bits per heavy atom. The fourth-order valence-corrected chi connectivity index (χ4v) is 3.56. The third-order valence-corrected chi connectivity index (χ3v) is 4.63. The number of nitrogens with zero attached hydrogens (tertiary/aromatic N) is 1. The van der Waals surface area contributed by atoms with Crippen molar-refractivity contribution < 1.29 is 14.6 Å². The van der Waals surface area contributed by atoms with E-state index in [0.717, 1.165) is 25.8 Å². The number of carboxylic acids is 1. The molecule has 2 atom stereocenters. The van der Waals surface area contributed by atoms with E-state index in [-0.39, 0.29) is 0 Å². The molecule has 4 nitrogen and oxygen atoms in total. The molecule has 20 heavy (non-hydrogen) atoms. The zero-order valence-corrected chi connectivity index (χ0v) is 11.8. The van der Waals surface area contributed by atoms with Crippen LogP contribution in [0.5, 0.6) is 0 Å². The smallest absolute Gasteiger partial charge is 0.335 e. The van der Waals surface area contributed by atoms with Crippen molar-refractivity contribution in [2.75, 3.05) is 18.6 Å². The average molecular weight is 275 g/mol. The normalized spacial score (nSPS) is 25.6. The molecule has 1 heterocycles. The minimum absolute atomic E-state index is 0.371. The van der Waals surface area contributed by atoms with Crippen LogP contribution < -0.4 is 4.90 Å². The molecule has 0 radical (unpaired) electrons. The van der Waals surface area contributed by atoms with Crippen LogP contribution in [0.1, 0.15) is 41.6 Å². The van der Waals surface area contributed by atoms with Gasteiger partial charge in [0.2, 0.25) is 0 Å². The number of rotatable bonds is 3. The fraction of sp³-hybridized carbons (Fsp3) is 0.562. The van der Waals surface area contributed by atoms with E-state index in [1.165, 1.54) is 24.1 Å². The Morgan fingerprint density at radius 1 is 1.40 bits per heavy atom. The van der Waals surface area contributed by atoms with Gasteiger partial charge in [-0.15, -0.1) is 0 Å². The van der Waals surface area contributed by atoms with Gasteiger partial charge in [0.05, 0.1) is 11.7 Å². The Balaban J connectivity index is 1.80. The molecule has 2 unspecified atom stereocenters. The quantitative estimate of drug-likeness (QED) is 0.921. The summed E-state index contributed by atoms with van der Waals surface area (Å²) in [6.45, 7) is 1.000. The molecule has 1 aliphatic heterocycles. The second-order valence-electron chi connectivity index (χ2n) is 5.77. The predicted molar refractivity (Wildman–Crippen MR) is 77.5 cm³/mol. The first kappa shape index (κ1) is 13.4. The van der Waals surface area contributed by atoms with Crippen LogP contribution in [-0.4, -0.2) is 36.9 Å². The van der Waals surface area contributed by atoms with Gasteiger partial charge in [0.15, 0.2) is 0 Å². The lowest BCUT2D eigenvalue weighted by molar-refractivity contribution is 0.0633. The van der Waals surface area contributed by atoms with Gasteiger partial charge in [-0.1, -0.05) is 0 Å². The lowest BCUT2D eigenvalue weighted by Crippen LogP contribution is -2.39. The summed E-state index contributed by atoms with van der Waals surface area (Å²) in [5, 5.41) is 9.07. The number of anilines is 1. The van der Waals surface area contributed by atoms with Gasteiger partial charge < -0.3 is 14.7 Å². The molecule has 0 amide bonds. The Labute approximate surface area is 119 Å². The minimum Gasteiger partial charge on any atom is -0.478 e. The lowest BCUT2D eigenvalue weighted by Gasteiger charge is -2.36. The molecular weight excluding hydrogens is 254 g/mol. The second kappa shape index (κ2) is 5.44. The van der Waals surface area contributed by atoms with Crippen molar-refractivity contribution in [1.29, 1.82) is 0 Å². The molecule has 108 valence electrons. The number of benzene rings is 1. The molecule has 4 heteroatoms. The molecule has 1 N–H and O–H groups in total. The summed E-state index contributed by atoms with van der Waals surface area (Å²) in [6, 6.07) is 6.05. The van der Waals surface area contributed by atoms with E-state index in [0.29, 0.717) is 17.7 Å². The van der Waals surface area contributed by atoms with Crippen LogP contribution in [0.25, 0.3) is 0 Å². The van der Waals surface area contributed by atoms with Crippen molar-refractivity contribution >= 4 is 11.7 Å². The maximum atomic E-state index is 11.0. The predicted octanol–water partition coefficient (Wildman–Crippen LogP) is 2.70. The van der Waals surface area contributed by atoms with Gasteiger partial charge in [-0.3, -0.25) is 0 Å². The average Bonchev–Trinajstić information content (AvgIpc) is 2.90. The van der Waals surface area contributed by atoms with Crippen LogP contribution in [0.15, 0.2) is 18.2 Å². The van der Waals surface area contributed by atoms with Gasteiger partial charge in [0.1, 0.15) is 0 Å². The maximum absolute atomic E-state index is 11.0. The van der Waals surface area contributed by atoms with Gasteiger partial charge >= 0.3 is 5.97 Å². The number of ether oxygens (including phenoxy) is 1. The highest BCUT2D eigenvalue weighted by Gasteiger charge is 2.31. The monoisotopic (exact) mass is 275 g/mol. The van der Waals surface area contributed by atoms with E-state index in [1.807, 2.05) is 12.1 Å². The van der Waals surface area contributed by atoms with Gasteiger partial charge in [-0.25, -0.2) is 4.79 Å². The van der Waals surface area contributed by atoms with E-state index in [2.05, 4.69) is 4.90 Å². The third kappa shape index (κ3) is 2.40. The molecule has 2 aliphatic rings. The van der Waals surface area contributed by atoms with E-state index in [1.54, 1.807) is 13.2 Å². The standard InChI is InChI=1S/C16H21NO3/c1-20-14-4-2-3-13(10-14)17-8-7-11-9-12(16(18)19)5-6-15(11)17/h5-6,9,13-14H,2-4,7-8,10H2,1H3,(H,18,19). The minimum atomic E-state index is -0.844. The largest absolute Gasteiger partial charge is 0.478 e. The number of carbonyl (C=O) groups is 1. The fourth-order valence-electron chi connectivity index (χ4n) is 3.56. The number of carboxylic acid groups (broad SMARTS) is 1. The lowest BCUT2D eigenvalue weighted by atomic mass is 9.91. The summed E-state index contributed by atoms with van der Waals surface area (Å²) in [5.41, 5.74) is 2.78. The summed E-state index contributed by atoms with van der Waals surface area (Å²) in [6.07, 6.45) is 5.98. The van der Waals surface area contributed by atoms with Crippen molar-refractivity contribution in [2.24, 2.45) is 0 Å². The summed E-state index contributed by atoms with van der Waals surface area (Å²) >= 11 is 0. The molecule has 3 rings (SSSR count). The number of hydrogen-bond donors (Lipinski definition) is 1. The molecule has 1 aromatic rings. The van der Waals surface area contributed by atoms with Gasteiger partial charge in [0, 0.05) is 25.4 Å². The third-order valence-electron chi connectivity index (χ3n) is 4.63. The van der Waals surface area contributed by atoms with Crippen molar-refractivity contribution in [3.63, 3.8) is 0 Å². The highest BCUT2D eigenvalue weighted by atomic mass is 16.5. The van der Waals surface area contributed by atoms with Gasteiger partial charge in [-0.2, -0.15) is 0 Å². The van der Waals surface area contributed by atoms with Gasteiger partial charge in [0.25, 0.3) is 0 Å². The molecule has 1 saturated carbocycles. The zero-order chi connectivity index (χ0) is 14.1. The van der Waals surface area contributed by atoms with Crippen LogP contribution in [-0.2, 0) is 11.2 Å². The van der Waals surface area contributed by atoms with Crippen LogP contribution in [0.4, 0.5) is 5.69 Å². The molecule has 0 saturated heterocycles. The van der Waals surface area contributed by atoms with E-state index in [4.69, 9.17) is 9.84 Å². The van der Waals surface area contributed by atoms with Crippen LogP contribution in [0, 0.1) is 0 Å². The summed E-state index contributed by atoms with van der Waals surface area (Å²) < 4.78 is 5.52. The molecule has 0 bridgehead atoms. The number of aromatic carboxylic acids is 1. The first-order valence-electron chi connectivity index (χ1n) is 7.34. The number of methoxy groups -OCH3 is 1. The summed E-state index contributed by atoms with van der Waals surface area (Å²) in [7, 11) is 1.80. The van der Waals surface area contributed by atoms with E-state index in [9.17, 15) is 4.79 Å². The van der Waals surface area contributed by atoms with E-state index < -0.39 is 5.97 Å². The zero-order valence-electron chi connectivity index (χ0n) is 11.8. The molecule has 0 spiro atoms. The first-order chi connectivity index (χ1) is 9.69. The van der Waals surface area contributed by atoms with Crippen molar-refractivity contribution in [3.8, 4) is 0 Å².